The lowest BCUT2D eigenvalue weighted by molar-refractivity contribution is 0.150. The molecule has 0 aliphatic carbocycles. The fraction of sp³-hybridized carbons (Fsp3) is 0.846. The Balaban J connectivity index is 2.99. The van der Waals surface area contributed by atoms with Gasteiger partial charge in [-0.15, -0.1) is 0 Å². The minimum atomic E-state index is -0.331. The predicted octanol–water partition coefficient (Wildman–Crippen LogP) is 2.77. The predicted molar refractivity (Wildman–Crippen MR) is 71.1 cm³/mol. The zero-order chi connectivity index (χ0) is 13.1. The molecule has 1 aliphatic heterocycles. The molecule has 4 heteroatoms. The minimum absolute atomic E-state index is 0.158. The molecule has 2 amide bonds. The van der Waals surface area contributed by atoms with Gasteiger partial charge in [-0.1, -0.05) is 34.1 Å². The molecule has 0 saturated carbocycles. The van der Waals surface area contributed by atoms with E-state index in [9.17, 15) is 4.79 Å². The normalized spacial score (nSPS) is 26.2. The molecule has 1 rings (SSSR count). The summed E-state index contributed by atoms with van der Waals surface area (Å²) in [4.78, 5) is 17.7. The first-order valence-corrected chi connectivity index (χ1v) is 6.68. The zero-order valence-electron chi connectivity index (χ0n) is 11.5. The van der Waals surface area contributed by atoms with Gasteiger partial charge in [-0.25, -0.2) is 4.79 Å². The van der Waals surface area contributed by atoms with Gasteiger partial charge in [-0.3, -0.25) is 0 Å². The first-order chi connectivity index (χ1) is 8.01. The summed E-state index contributed by atoms with van der Waals surface area (Å²) in [6, 6.07) is -0.158. The van der Waals surface area contributed by atoms with Crippen LogP contribution in [0.4, 0.5) is 4.79 Å². The Kier molecular flexibility index (Phi) is 4.54. The molecule has 0 saturated heterocycles. The average Bonchev–Trinajstić information content (AvgIpc) is 2.53. The van der Waals surface area contributed by atoms with Crippen molar-refractivity contribution in [2.45, 2.75) is 58.9 Å². The van der Waals surface area contributed by atoms with E-state index in [0.29, 0.717) is 11.8 Å². The van der Waals surface area contributed by atoms with E-state index in [1.807, 2.05) is 4.90 Å². The van der Waals surface area contributed by atoms with Gasteiger partial charge in [0.05, 0.1) is 0 Å². The van der Waals surface area contributed by atoms with Crippen molar-refractivity contribution in [2.75, 3.05) is 6.54 Å². The third-order valence-corrected chi connectivity index (χ3v) is 3.86. The summed E-state index contributed by atoms with van der Waals surface area (Å²) in [5.41, 5.74) is 5.70. The quantitative estimate of drug-likeness (QED) is 0.774. The third-order valence-electron chi connectivity index (χ3n) is 3.86. The van der Waals surface area contributed by atoms with Crippen molar-refractivity contribution in [1.82, 2.24) is 4.90 Å². The molecule has 2 N–H and O–H groups in total. The maximum absolute atomic E-state index is 11.9. The monoisotopic (exact) mass is 239 g/mol. The summed E-state index contributed by atoms with van der Waals surface area (Å²) in [5.74, 6) is 1.06. The molecule has 4 nitrogen and oxygen atoms in total. The van der Waals surface area contributed by atoms with Crippen LogP contribution in [0.3, 0.4) is 0 Å². The number of nitrogens with two attached hydrogens (primary N) is 1. The van der Waals surface area contributed by atoms with Crippen LogP contribution in [0.2, 0.25) is 0 Å². The van der Waals surface area contributed by atoms with Gasteiger partial charge in [-0.2, -0.15) is 4.99 Å². The largest absolute Gasteiger partial charge is 0.385 e. The van der Waals surface area contributed by atoms with Crippen LogP contribution >= 0.6 is 0 Å². The lowest BCUT2D eigenvalue weighted by Crippen LogP contribution is -2.54. The van der Waals surface area contributed by atoms with E-state index in [-0.39, 0.29) is 11.6 Å². The molecule has 2 atom stereocenters. The van der Waals surface area contributed by atoms with Gasteiger partial charge in [0.15, 0.2) is 0 Å². The number of hydrogen-bond donors (Lipinski definition) is 1. The van der Waals surface area contributed by atoms with Crippen molar-refractivity contribution >= 4 is 11.9 Å². The summed E-state index contributed by atoms with van der Waals surface area (Å²) >= 11 is 0. The molecular formula is C13H25N3O. The number of aliphatic imine (C=N–C) groups is 1. The van der Waals surface area contributed by atoms with E-state index in [1.165, 1.54) is 0 Å². The minimum Gasteiger partial charge on any atom is -0.385 e. The van der Waals surface area contributed by atoms with Crippen molar-refractivity contribution < 1.29 is 4.79 Å². The highest BCUT2D eigenvalue weighted by molar-refractivity contribution is 6.05. The maximum Gasteiger partial charge on any atom is 0.346 e. The van der Waals surface area contributed by atoms with Gasteiger partial charge < -0.3 is 10.6 Å². The van der Waals surface area contributed by atoms with Crippen molar-refractivity contribution in [3.63, 3.8) is 0 Å². The van der Waals surface area contributed by atoms with Gasteiger partial charge in [0.1, 0.15) is 11.4 Å². The number of amides is 2. The van der Waals surface area contributed by atoms with Crippen molar-refractivity contribution in [3.8, 4) is 0 Å². The Morgan fingerprint density at radius 2 is 2.06 bits per heavy atom. The third kappa shape index (κ3) is 2.45. The molecule has 17 heavy (non-hydrogen) atoms. The summed E-state index contributed by atoms with van der Waals surface area (Å²) in [5, 5.41) is 0. The van der Waals surface area contributed by atoms with Crippen molar-refractivity contribution in [2.24, 2.45) is 16.6 Å². The molecule has 1 aliphatic rings. The first kappa shape index (κ1) is 14.0. The van der Waals surface area contributed by atoms with Crippen LogP contribution in [-0.4, -0.2) is 28.9 Å². The van der Waals surface area contributed by atoms with Gasteiger partial charge in [0.2, 0.25) is 0 Å². The summed E-state index contributed by atoms with van der Waals surface area (Å²) < 4.78 is 0. The summed E-state index contributed by atoms with van der Waals surface area (Å²) in [7, 11) is 0. The van der Waals surface area contributed by atoms with Crippen molar-refractivity contribution in [3.05, 3.63) is 0 Å². The standard InChI is InChI=1S/C13H25N3O/c1-5-8-16-12(17)15-11(14)13(16,7-3)9-10(4)6-2/h10H,5-9H2,1-4H3,(H2,14,15,17). The van der Waals surface area contributed by atoms with Gasteiger partial charge >= 0.3 is 6.03 Å². The summed E-state index contributed by atoms with van der Waals surface area (Å²) in [6.45, 7) is 9.28. The van der Waals surface area contributed by atoms with Gasteiger partial charge in [-0.05, 0) is 25.2 Å². The van der Waals surface area contributed by atoms with E-state index in [1.54, 1.807) is 0 Å². The van der Waals surface area contributed by atoms with Crippen molar-refractivity contribution in [1.29, 1.82) is 0 Å². The van der Waals surface area contributed by atoms with Crippen LogP contribution < -0.4 is 5.73 Å². The second kappa shape index (κ2) is 5.52. The average molecular weight is 239 g/mol. The molecule has 1 heterocycles. The van der Waals surface area contributed by atoms with Gasteiger partial charge in [0.25, 0.3) is 0 Å². The highest BCUT2D eigenvalue weighted by atomic mass is 16.2. The van der Waals surface area contributed by atoms with Crippen LogP contribution in [0.25, 0.3) is 0 Å². The maximum atomic E-state index is 11.9. The van der Waals surface area contributed by atoms with Gasteiger partial charge in [0, 0.05) is 6.54 Å². The number of carbonyl (C=O) groups is 1. The molecule has 2 unspecified atom stereocenters. The second-order valence-electron chi connectivity index (χ2n) is 5.03. The Hall–Kier alpha value is -1.06. The second-order valence-corrected chi connectivity index (χ2v) is 5.03. The number of hydrogen-bond acceptors (Lipinski definition) is 2. The molecule has 0 aromatic rings. The highest BCUT2D eigenvalue weighted by Gasteiger charge is 2.46. The smallest absolute Gasteiger partial charge is 0.346 e. The Labute approximate surface area is 104 Å². The fourth-order valence-electron chi connectivity index (χ4n) is 2.57. The molecule has 0 aromatic heterocycles. The van der Waals surface area contributed by atoms with Crippen LogP contribution in [0.1, 0.15) is 53.4 Å². The number of rotatable bonds is 6. The fourth-order valence-corrected chi connectivity index (χ4v) is 2.57. The number of urea groups is 1. The summed E-state index contributed by atoms with van der Waals surface area (Å²) in [6.07, 6.45) is 3.81. The topological polar surface area (TPSA) is 58.7 Å². The van der Waals surface area contributed by atoms with Crippen LogP contribution in [0, 0.1) is 5.92 Å². The lowest BCUT2D eigenvalue weighted by Gasteiger charge is -2.39. The van der Waals surface area contributed by atoms with Crippen LogP contribution in [0.15, 0.2) is 4.99 Å². The number of carbonyl (C=O) groups excluding carboxylic acids is 1. The number of nitrogens with zero attached hydrogens (tertiary/aromatic N) is 2. The SMILES string of the molecule is CCCN1C(=O)N=C(N)C1(CC)CC(C)CC. The Morgan fingerprint density at radius 3 is 2.53 bits per heavy atom. The van der Waals surface area contributed by atoms with Crippen LogP contribution in [-0.2, 0) is 0 Å². The van der Waals surface area contributed by atoms with E-state index in [0.717, 1.165) is 32.2 Å². The highest BCUT2D eigenvalue weighted by Crippen LogP contribution is 2.34. The van der Waals surface area contributed by atoms with E-state index in [2.05, 4.69) is 32.7 Å². The van der Waals surface area contributed by atoms with E-state index in [4.69, 9.17) is 5.73 Å². The molecular weight excluding hydrogens is 214 g/mol. The Bertz CT molecular complexity index is 314. The van der Waals surface area contributed by atoms with E-state index >= 15 is 0 Å². The van der Waals surface area contributed by atoms with E-state index < -0.39 is 0 Å². The lowest BCUT2D eigenvalue weighted by atomic mass is 9.83. The van der Waals surface area contributed by atoms with Crippen LogP contribution in [0.5, 0.6) is 0 Å². The number of amidine groups is 1. The Morgan fingerprint density at radius 1 is 1.41 bits per heavy atom. The first-order valence-electron chi connectivity index (χ1n) is 6.68. The molecule has 0 bridgehead atoms. The molecule has 98 valence electrons. The molecule has 0 radical (unpaired) electrons. The molecule has 0 spiro atoms. The molecule has 0 fully saturated rings. The molecule has 0 aromatic carbocycles. The zero-order valence-corrected chi connectivity index (χ0v) is 11.5.